The summed E-state index contributed by atoms with van der Waals surface area (Å²) >= 11 is 0. The Morgan fingerprint density at radius 3 is 2.96 bits per heavy atom. The smallest absolute Gasteiger partial charge is 0.228 e. The molecule has 0 aliphatic heterocycles. The van der Waals surface area contributed by atoms with Gasteiger partial charge in [-0.2, -0.15) is 0 Å². The Morgan fingerprint density at radius 1 is 1.32 bits per heavy atom. The number of fused-ring (bicyclic) bond motifs is 2. The number of carbonyl (C=O) groups is 1. The molecule has 1 aliphatic rings. The van der Waals surface area contributed by atoms with Crippen LogP contribution in [0.5, 0.6) is 5.75 Å². The Morgan fingerprint density at radius 2 is 2.16 bits per heavy atom. The summed E-state index contributed by atoms with van der Waals surface area (Å²) < 4.78 is 5.30. The van der Waals surface area contributed by atoms with E-state index in [0.29, 0.717) is 0 Å². The molecule has 1 amide bonds. The number of benzene rings is 2. The first-order valence-electron chi connectivity index (χ1n) is 8.57. The number of H-pyrrole nitrogens is 1. The molecule has 5 heteroatoms. The van der Waals surface area contributed by atoms with Gasteiger partial charge in [-0.1, -0.05) is 18.2 Å². The zero-order valence-electron chi connectivity index (χ0n) is 14.4. The van der Waals surface area contributed by atoms with Crippen molar-refractivity contribution < 1.29 is 9.53 Å². The Kier molecular flexibility index (Phi) is 3.92. The fraction of sp³-hybridized carbons (Fsp3) is 0.300. The number of aryl methyl sites for hydroxylation is 1. The number of methoxy groups -OCH3 is 1. The van der Waals surface area contributed by atoms with Crippen LogP contribution in [0.15, 0.2) is 42.5 Å². The lowest BCUT2D eigenvalue weighted by Gasteiger charge is -2.16. The summed E-state index contributed by atoms with van der Waals surface area (Å²) in [6, 6.07) is 13.7. The summed E-state index contributed by atoms with van der Waals surface area (Å²) in [7, 11) is 1.65. The van der Waals surface area contributed by atoms with Crippen LogP contribution in [0.1, 0.15) is 42.3 Å². The van der Waals surface area contributed by atoms with Gasteiger partial charge in [0.05, 0.1) is 30.1 Å². The van der Waals surface area contributed by atoms with Crippen LogP contribution >= 0.6 is 0 Å². The summed E-state index contributed by atoms with van der Waals surface area (Å²) in [5, 5.41) is 3.10. The zero-order chi connectivity index (χ0) is 17.4. The molecular formula is C20H21N3O2. The number of rotatable bonds is 4. The molecule has 0 radical (unpaired) electrons. The lowest BCUT2D eigenvalue weighted by molar-refractivity contribution is -0.123. The predicted octanol–water partition coefficient (Wildman–Crippen LogP) is 3.48. The molecule has 0 saturated heterocycles. The van der Waals surface area contributed by atoms with E-state index in [4.69, 9.17) is 4.74 Å². The fourth-order valence-electron chi connectivity index (χ4n) is 3.54. The van der Waals surface area contributed by atoms with Crippen LogP contribution in [0.2, 0.25) is 0 Å². The molecule has 25 heavy (non-hydrogen) atoms. The Bertz CT molecular complexity index is 899. The molecule has 1 heterocycles. The van der Waals surface area contributed by atoms with Gasteiger partial charge in [0.25, 0.3) is 0 Å². The van der Waals surface area contributed by atoms with Crippen LogP contribution in [0.25, 0.3) is 11.0 Å². The zero-order valence-corrected chi connectivity index (χ0v) is 14.4. The van der Waals surface area contributed by atoms with E-state index in [9.17, 15) is 4.79 Å². The Labute approximate surface area is 146 Å². The van der Waals surface area contributed by atoms with Gasteiger partial charge in [-0.05, 0) is 55.2 Å². The largest absolute Gasteiger partial charge is 0.497 e. The van der Waals surface area contributed by atoms with E-state index in [-0.39, 0.29) is 17.9 Å². The van der Waals surface area contributed by atoms with Crippen LogP contribution in [0.3, 0.4) is 0 Å². The van der Waals surface area contributed by atoms with Crippen molar-refractivity contribution >= 4 is 16.9 Å². The molecule has 1 unspecified atom stereocenters. The molecule has 0 fully saturated rings. The minimum Gasteiger partial charge on any atom is -0.497 e. The van der Waals surface area contributed by atoms with Crippen molar-refractivity contribution in [2.75, 3.05) is 7.11 Å². The molecule has 2 aromatic carbocycles. The second-order valence-electron chi connectivity index (χ2n) is 6.53. The van der Waals surface area contributed by atoms with Gasteiger partial charge in [-0.25, -0.2) is 4.98 Å². The lowest BCUT2D eigenvalue weighted by Crippen LogP contribution is -2.31. The number of hydrogen-bond acceptors (Lipinski definition) is 3. The highest BCUT2D eigenvalue weighted by Gasteiger charge is 2.30. The minimum atomic E-state index is -0.172. The summed E-state index contributed by atoms with van der Waals surface area (Å²) in [6.07, 6.45) is 1.76. The number of hydrogen-bond donors (Lipinski definition) is 2. The third-order valence-electron chi connectivity index (χ3n) is 4.92. The number of ether oxygens (including phenoxy) is 1. The van der Waals surface area contributed by atoms with Gasteiger partial charge >= 0.3 is 0 Å². The topological polar surface area (TPSA) is 67.0 Å². The molecule has 1 aromatic heterocycles. The average molecular weight is 335 g/mol. The van der Waals surface area contributed by atoms with E-state index in [2.05, 4.69) is 21.4 Å². The fourth-order valence-corrected chi connectivity index (χ4v) is 3.54. The maximum atomic E-state index is 12.8. The van der Waals surface area contributed by atoms with Gasteiger partial charge < -0.3 is 15.0 Å². The van der Waals surface area contributed by atoms with E-state index in [1.54, 1.807) is 7.11 Å². The standard InChI is InChI=1S/C20H21N3O2/c1-12(19-22-17-5-3-4-6-18(17)23-19)21-20(24)15-10-8-13-7-9-14(25-2)11-16(13)15/h3-7,9,11-12,15H,8,10H2,1-2H3,(H,21,24)(H,22,23)/t12-,15?/m0/s1. The van der Waals surface area contributed by atoms with E-state index < -0.39 is 0 Å². The molecule has 4 rings (SSSR count). The molecule has 1 aliphatic carbocycles. The highest BCUT2D eigenvalue weighted by molar-refractivity contribution is 5.85. The first-order valence-corrected chi connectivity index (χ1v) is 8.57. The Hall–Kier alpha value is -2.82. The van der Waals surface area contributed by atoms with Crippen molar-refractivity contribution in [2.45, 2.75) is 31.7 Å². The molecule has 2 atom stereocenters. The summed E-state index contributed by atoms with van der Waals surface area (Å²) in [4.78, 5) is 20.7. The van der Waals surface area contributed by atoms with Crippen LogP contribution in [-0.4, -0.2) is 23.0 Å². The van der Waals surface area contributed by atoms with Crippen molar-refractivity contribution in [3.05, 3.63) is 59.4 Å². The number of nitrogens with zero attached hydrogens (tertiary/aromatic N) is 1. The van der Waals surface area contributed by atoms with E-state index in [1.165, 1.54) is 5.56 Å². The van der Waals surface area contributed by atoms with Gasteiger partial charge in [-0.15, -0.1) is 0 Å². The predicted molar refractivity (Wildman–Crippen MR) is 96.7 cm³/mol. The first-order chi connectivity index (χ1) is 12.2. The molecule has 0 bridgehead atoms. The van der Waals surface area contributed by atoms with Crippen molar-refractivity contribution in [2.24, 2.45) is 0 Å². The van der Waals surface area contributed by atoms with Crippen LogP contribution in [0, 0.1) is 0 Å². The highest BCUT2D eigenvalue weighted by Crippen LogP contribution is 2.36. The van der Waals surface area contributed by atoms with Crippen LogP contribution in [0.4, 0.5) is 0 Å². The summed E-state index contributed by atoms with van der Waals surface area (Å²) in [5.74, 6) is 1.49. The van der Waals surface area contributed by atoms with E-state index >= 15 is 0 Å². The third kappa shape index (κ3) is 2.86. The number of amides is 1. The number of nitrogens with one attached hydrogen (secondary N) is 2. The van der Waals surface area contributed by atoms with Crippen LogP contribution in [-0.2, 0) is 11.2 Å². The maximum Gasteiger partial charge on any atom is 0.228 e. The molecular weight excluding hydrogens is 314 g/mol. The van der Waals surface area contributed by atoms with Gasteiger partial charge in [0, 0.05) is 0 Å². The third-order valence-corrected chi connectivity index (χ3v) is 4.92. The minimum absolute atomic E-state index is 0.0416. The van der Waals surface area contributed by atoms with E-state index in [0.717, 1.165) is 41.0 Å². The van der Waals surface area contributed by atoms with Crippen molar-refractivity contribution in [1.29, 1.82) is 0 Å². The number of para-hydroxylation sites is 2. The highest BCUT2D eigenvalue weighted by atomic mass is 16.5. The Balaban J connectivity index is 1.53. The summed E-state index contributed by atoms with van der Waals surface area (Å²) in [5.41, 5.74) is 4.20. The number of aromatic nitrogens is 2. The molecule has 3 aromatic rings. The van der Waals surface area contributed by atoms with Gasteiger partial charge in [0.2, 0.25) is 5.91 Å². The first kappa shape index (κ1) is 15.7. The van der Waals surface area contributed by atoms with Gasteiger partial charge in [-0.3, -0.25) is 4.79 Å². The average Bonchev–Trinajstić information content (AvgIpc) is 3.25. The van der Waals surface area contributed by atoms with Crippen molar-refractivity contribution in [3.63, 3.8) is 0 Å². The second-order valence-corrected chi connectivity index (χ2v) is 6.53. The second kappa shape index (κ2) is 6.24. The number of aromatic amines is 1. The number of imidazole rings is 1. The van der Waals surface area contributed by atoms with Crippen molar-refractivity contribution in [1.82, 2.24) is 15.3 Å². The lowest BCUT2D eigenvalue weighted by atomic mass is 10.00. The molecule has 2 N–H and O–H groups in total. The van der Waals surface area contributed by atoms with Gasteiger partial charge in [0.1, 0.15) is 11.6 Å². The molecule has 0 spiro atoms. The maximum absolute atomic E-state index is 12.8. The quantitative estimate of drug-likeness (QED) is 0.767. The molecule has 128 valence electrons. The van der Waals surface area contributed by atoms with Crippen molar-refractivity contribution in [3.8, 4) is 5.75 Å². The summed E-state index contributed by atoms with van der Waals surface area (Å²) in [6.45, 7) is 1.96. The molecule has 5 nitrogen and oxygen atoms in total. The van der Waals surface area contributed by atoms with Gasteiger partial charge in [0.15, 0.2) is 0 Å². The SMILES string of the molecule is COc1ccc2c(c1)C(C(=O)N[C@@H](C)c1nc3ccccc3[nH]1)CC2. The van der Waals surface area contributed by atoms with Crippen LogP contribution < -0.4 is 10.1 Å². The normalized spacial score (nSPS) is 17.3. The monoisotopic (exact) mass is 335 g/mol. The van der Waals surface area contributed by atoms with E-state index in [1.807, 2.05) is 43.3 Å². The molecule has 0 saturated carbocycles. The number of carbonyl (C=O) groups excluding carboxylic acids is 1.